The Labute approximate surface area is 161 Å². The highest BCUT2D eigenvalue weighted by molar-refractivity contribution is 5.92. The predicted octanol–water partition coefficient (Wildman–Crippen LogP) is 3.54. The van der Waals surface area contributed by atoms with Crippen LogP contribution in [-0.2, 0) is 6.42 Å². The zero-order valence-corrected chi connectivity index (χ0v) is 16.1. The second-order valence-electron chi connectivity index (χ2n) is 6.87. The zero-order chi connectivity index (χ0) is 19.1. The number of amides is 1. The van der Waals surface area contributed by atoms with Crippen LogP contribution in [0.1, 0.15) is 48.7 Å². The normalized spacial score (nSPS) is 16.8. The molecular weight excluding hydrogens is 340 g/mol. The molecule has 1 amide bonds. The summed E-state index contributed by atoms with van der Waals surface area (Å²) >= 11 is 0. The number of hydrogen-bond acceptors (Lipinski definition) is 5. The van der Waals surface area contributed by atoms with Crippen LogP contribution in [0.2, 0.25) is 0 Å². The van der Waals surface area contributed by atoms with E-state index in [2.05, 4.69) is 28.3 Å². The average Bonchev–Trinajstić information content (AvgIpc) is 2.74. The highest BCUT2D eigenvalue weighted by atomic mass is 16.5. The van der Waals surface area contributed by atoms with E-state index < -0.39 is 0 Å². The first-order chi connectivity index (χ1) is 13.2. The molecule has 0 saturated carbocycles. The molecule has 6 nitrogen and oxygen atoms in total. The quantitative estimate of drug-likeness (QED) is 0.810. The number of benzene rings is 1. The minimum absolute atomic E-state index is 0.00280. The minimum Gasteiger partial charge on any atom is -0.497 e. The van der Waals surface area contributed by atoms with Gasteiger partial charge in [-0.3, -0.25) is 4.79 Å². The lowest BCUT2D eigenvalue weighted by Crippen LogP contribution is -2.43. The number of ether oxygens (including phenoxy) is 1. The van der Waals surface area contributed by atoms with E-state index >= 15 is 0 Å². The highest BCUT2D eigenvalue weighted by Gasteiger charge is 2.27. The lowest BCUT2D eigenvalue weighted by molar-refractivity contribution is 0.0601. The van der Waals surface area contributed by atoms with Crippen molar-refractivity contribution in [1.82, 2.24) is 14.9 Å². The maximum Gasteiger partial charge on any atom is 0.274 e. The molecule has 1 N–H and O–H groups in total. The first kappa shape index (κ1) is 19.1. The SMILES string of the molecule is CCC1CCCCN1C(=O)c1cnc(NCCc2cccc(OC)c2)cn1. The van der Waals surface area contributed by atoms with E-state index in [9.17, 15) is 4.79 Å². The third kappa shape index (κ3) is 4.96. The van der Waals surface area contributed by atoms with E-state index in [1.807, 2.05) is 23.1 Å². The van der Waals surface area contributed by atoms with Crippen molar-refractivity contribution in [2.24, 2.45) is 0 Å². The molecule has 0 bridgehead atoms. The second-order valence-corrected chi connectivity index (χ2v) is 6.87. The van der Waals surface area contributed by atoms with Gasteiger partial charge in [0.15, 0.2) is 0 Å². The third-order valence-electron chi connectivity index (χ3n) is 5.08. The molecule has 27 heavy (non-hydrogen) atoms. The number of anilines is 1. The van der Waals surface area contributed by atoms with Crippen molar-refractivity contribution < 1.29 is 9.53 Å². The Morgan fingerprint density at radius 1 is 1.30 bits per heavy atom. The Morgan fingerprint density at radius 2 is 2.19 bits per heavy atom. The summed E-state index contributed by atoms with van der Waals surface area (Å²) in [5, 5.41) is 3.26. The minimum atomic E-state index is -0.00280. The Hall–Kier alpha value is -2.63. The topological polar surface area (TPSA) is 67.4 Å². The van der Waals surface area contributed by atoms with Gasteiger partial charge in [-0.15, -0.1) is 0 Å². The van der Waals surface area contributed by atoms with Gasteiger partial charge >= 0.3 is 0 Å². The second kappa shape index (κ2) is 9.35. The van der Waals surface area contributed by atoms with Crippen molar-refractivity contribution >= 4 is 11.7 Å². The summed E-state index contributed by atoms with van der Waals surface area (Å²) in [6, 6.07) is 8.34. The molecule has 1 aromatic carbocycles. The van der Waals surface area contributed by atoms with E-state index in [1.54, 1.807) is 19.5 Å². The molecule has 0 spiro atoms. The number of rotatable bonds is 7. The number of methoxy groups -OCH3 is 1. The maximum absolute atomic E-state index is 12.7. The van der Waals surface area contributed by atoms with Crippen molar-refractivity contribution in [3.63, 3.8) is 0 Å². The fourth-order valence-electron chi connectivity index (χ4n) is 3.53. The first-order valence-corrected chi connectivity index (χ1v) is 9.71. The highest BCUT2D eigenvalue weighted by Crippen LogP contribution is 2.21. The summed E-state index contributed by atoms with van der Waals surface area (Å²) in [6.07, 6.45) is 8.42. The Morgan fingerprint density at radius 3 is 2.93 bits per heavy atom. The lowest BCUT2D eigenvalue weighted by Gasteiger charge is -2.34. The standard InChI is InChI=1S/C21H28N4O2/c1-3-17-8-4-5-12-25(17)21(26)19-14-24-20(15-23-19)22-11-10-16-7-6-9-18(13-16)27-2/h6-7,9,13-15,17H,3-5,8,10-12H2,1-2H3,(H,22,24). The molecule has 0 radical (unpaired) electrons. The summed E-state index contributed by atoms with van der Waals surface area (Å²) < 4.78 is 5.24. The van der Waals surface area contributed by atoms with Crippen LogP contribution in [0.15, 0.2) is 36.7 Å². The molecular formula is C21H28N4O2. The van der Waals surface area contributed by atoms with Crippen LogP contribution in [0.5, 0.6) is 5.75 Å². The van der Waals surface area contributed by atoms with Gasteiger partial charge in [0.25, 0.3) is 5.91 Å². The lowest BCUT2D eigenvalue weighted by atomic mass is 10.00. The monoisotopic (exact) mass is 368 g/mol. The maximum atomic E-state index is 12.7. The largest absolute Gasteiger partial charge is 0.497 e. The number of nitrogens with one attached hydrogen (secondary N) is 1. The number of nitrogens with zero attached hydrogens (tertiary/aromatic N) is 3. The number of likely N-dealkylation sites (tertiary alicyclic amines) is 1. The summed E-state index contributed by atoms with van der Waals surface area (Å²) in [6.45, 7) is 3.69. The van der Waals surface area contributed by atoms with E-state index in [-0.39, 0.29) is 5.91 Å². The van der Waals surface area contributed by atoms with Crippen LogP contribution in [0.3, 0.4) is 0 Å². The van der Waals surface area contributed by atoms with Gasteiger partial charge in [0.05, 0.1) is 19.5 Å². The number of carbonyl (C=O) groups is 1. The molecule has 1 aromatic heterocycles. The molecule has 2 aromatic rings. The number of aromatic nitrogens is 2. The van der Waals surface area contributed by atoms with E-state index in [1.165, 1.54) is 12.0 Å². The number of carbonyl (C=O) groups excluding carboxylic acids is 1. The van der Waals surface area contributed by atoms with Crippen LogP contribution in [0, 0.1) is 0 Å². The first-order valence-electron chi connectivity index (χ1n) is 9.71. The van der Waals surface area contributed by atoms with E-state index in [4.69, 9.17) is 4.74 Å². The number of piperidine rings is 1. The van der Waals surface area contributed by atoms with Crippen molar-refractivity contribution in [3.8, 4) is 5.75 Å². The molecule has 6 heteroatoms. The van der Waals surface area contributed by atoms with Crippen molar-refractivity contribution in [2.75, 3.05) is 25.5 Å². The molecule has 3 rings (SSSR count). The Balaban J connectivity index is 1.54. The van der Waals surface area contributed by atoms with Gasteiger partial charge in [-0.2, -0.15) is 0 Å². The Bertz CT molecular complexity index is 748. The van der Waals surface area contributed by atoms with Crippen LogP contribution in [0.25, 0.3) is 0 Å². The summed E-state index contributed by atoms with van der Waals surface area (Å²) in [5.74, 6) is 1.54. The van der Waals surface area contributed by atoms with Gasteiger partial charge < -0.3 is 15.0 Å². The van der Waals surface area contributed by atoms with E-state index in [0.717, 1.165) is 44.5 Å². The molecule has 1 aliphatic heterocycles. The molecule has 1 fully saturated rings. The molecule has 1 unspecified atom stereocenters. The molecule has 0 aliphatic carbocycles. The van der Waals surface area contributed by atoms with Gasteiger partial charge in [-0.25, -0.2) is 9.97 Å². The molecule has 1 aliphatic rings. The van der Waals surface area contributed by atoms with Crippen molar-refractivity contribution in [1.29, 1.82) is 0 Å². The van der Waals surface area contributed by atoms with Crippen molar-refractivity contribution in [2.45, 2.75) is 45.1 Å². The smallest absolute Gasteiger partial charge is 0.274 e. The van der Waals surface area contributed by atoms with Crippen molar-refractivity contribution in [3.05, 3.63) is 47.9 Å². The van der Waals surface area contributed by atoms with Crippen LogP contribution in [0.4, 0.5) is 5.82 Å². The Kier molecular flexibility index (Phi) is 6.63. The summed E-state index contributed by atoms with van der Waals surface area (Å²) in [4.78, 5) is 23.4. The molecule has 144 valence electrons. The van der Waals surface area contributed by atoms with Crippen LogP contribution < -0.4 is 10.1 Å². The van der Waals surface area contributed by atoms with Gasteiger partial charge in [-0.1, -0.05) is 19.1 Å². The fourth-order valence-corrected chi connectivity index (χ4v) is 3.53. The summed E-state index contributed by atoms with van der Waals surface area (Å²) in [7, 11) is 1.67. The number of hydrogen-bond donors (Lipinski definition) is 1. The van der Waals surface area contributed by atoms with Crippen LogP contribution in [-0.4, -0.2) is 47.0 Å². The van der Waals surface area contributed by atoms with Gasteiger partial charge in [0.1, 0.15) is 17.3 Å². The van der Waals surface area contributed by atoms with Crippen LogP contribution >= 0.6 is 0 Å². The van der Waals surface area contributed by atoms with Gasteiger partial charge in [-0.05, 0) is 49.8 Å². The van der Waals surface area contributed by atoms with E-state index in [0.29, 0.717) is 17.6 Å². The van der Waals surface area contributed by atoms with Gasteiger partial charge in [0.2, 0.25) is 0 Å². The molecule has 1 atom stereocenters. The average molecular weight is 368 g/mol. The van der Waals surface area contributed by atoms with Gasteiger partial charge in [0, 0.05) is 19.1 Å². The molecule has 1 saturated heterocycles. The fraction of sp³-hybridized carbons (Fsp3) is 0.476. The predicted molar refractivity (Wildman–Crippen MR) is 106 cm³/mol. The molecule has 2 heterocycles. The zero-order valence-electron chi connectivity index (χ0n) is 16.1. The summed E-state index contributed by atoms with van der Waals surface area (Å²) in [5.41, 5.74) is 1.62. The third-order valence-corrected chi connectivity index (χ3v) is 5.08.